The van der Waals surface area contributed by atoms with E-state index in [1.165, 1.54) is 61.0 Å². The summed E-state index contributed by atoms with van der Waals surface area (Å²) < 4.78 is 2.48. The molecule has 0 aliphatic carbocycles. The average molecular weight is 494 g/mol. The largest absolute Gasteiger partial charge is 1.00 e. The van der Waals surface area contributed by atoms with Gasteiger partial charge in [-0.2, -0.15) is 4.57 Å². The number of aryl methyl sites for hydroxylation is 4. The van der Waals surface area contributed by atoms with Crippen molar-refractivity contribution in [3.05, 3.63) is 65.2 Å². The van der Waals surface area contributed by atoms with Crippen molar-refractivity contribution in [1.29, 1.82) is 0 Å². The summed E-state index contributed by atoms with van der Waals surface area (Å²) in [6.45, 7) is 13.0. The topological polar surface area (TPSA) is 7.12 Å². The first kappa shape index (κ1) is 20.1. The lowest BCUT2D eigenvalue weighted by Gasteiger charge is -2.33. The van der Waals surface area contributed by atoms with Crippen LogP contribution in [0.2, 0.25) is 0 Å². The molecule has 148 valence electrons. The molecule has 2 heterocycles. The van der Waals surface area contributed by atoms with Gasteiger partial charge in [0.25, 0.3) is 0 Å². The number of anilines is 2. The Hall–Kier alpha value is -2.14. The van der Waals surface area contributed by atoms with E-state index < -0.39 is 0 Å². The fraction of sp³-hybridized carbons (Fsp3) is 0.269. The van der Waals surface area contributed by atoms with E-state index in [1.807, 2.05) is 0 Å². The van der Waals surface area contributed by atoms with Crippen molar-refractivity contribution in [3.63, 3.8) is 0 Å². The second-order valence-corrected chi connectivity index (χ2v) is 8.08. The number of aromatic nitrogens is 1. The number of benzene rings is 3. The SMILES string of the molecule is CCN1c2ccc(C)cc2-c2cc(C)cc3c2c1c1cc(C)ccc1[n+]3CC.[I-]. The van der Waals surface area contributed by atoms with Crippen molar-refractivity contribution in [2.75, 3.05) is 11.4 Å². The lowest BCUT2D eigenvalue weighted by molar-refractivity contribution is -0.641. The highest BCUT2D eigenvalue weighted by atomic mass is 127. The molecule has 0 saturated heterocycles. The van der Waals surface area contributed by atoms with E-state index in [1.54, 1.807) is 0 Å². The molecule has 0 bridgehead atoms. The maximum Gasteiger partial charge on any atom is 0.216 e. The second-order valence-electron chi connectivity index (χ2n) is 8.08. The molecule has 0 radical (unpaired) electrons. The Morgan fingerprint density at radius 1 is 0.759 bits per heavy atom. The summed E-state index contributed by atoms with van der Waals surface area (Å²) in [6.07, 6.45) is 0. The zero-order valence-corrected chi connectivity index (χ0v) is 20.0. The van der Waals surface area contributed by atoms with Gasteiger partial charge in [-0.25, -0.2) is 0 Å². The van der Waals surface area contributed by atoms with E-state index in [2.05, 4.69) is 92.6 Å². The first-order valence-electron chi connectivity index (χ1n) is 10.3. The Labute approximate surface area is 190 Å². The molecule has 2 nitrogen and oxygen atoms in total. The molecule has 5 rings (SSSR count). The molecule has 0 fully saturated rings. The summed E-state index contributed by atoms with van der Waals surface area (Å²) in [5.41, 5.74) is 12.0. The van der Waals surface area contributed by atoms with Crippen LogP contribution in [-0.4, -0.2) is 6.54 Å². The Bertz CT molecular complexity index is 1270. The van der Waals surface area contributed by atoms with E-state index in [4.69, 9.17) is 0 Å². The van der Waals surface area contributed by atoms with Crippen molar-refractivity contribution >= 4 is 33.2 Å². The monoisotopic (exact) mass is 494 g/mol. The first-order chi connectivity index (χ1) is 13.5. The van der Waals surface area contributed by atoms with Gasteiger partial charge in [0.1, 0.15) is 6.54 Å². The molecule has 4 aromatic rings. The zero-order valence-electron chi connectivity index (χ0n) is 17.8. The van der Waals surface area contributed by atoms with Crippen LogP contribution in [0.15, 0.2) is 48.5 Å². The average Bonchev–Trinajstić information content (AvgIpc) is 2.68. The van der Waals surface area contributed by atoms with Gasteiger partial charge in [-0.3, -0.25) is 0 Å². The lowest BCUT2D eigenvalue weighted by atomic mass is 9.88. The van der Waals surface area contributed by atoms with E-state index >= 15 is 0 Å². The summed E-state index contributed by atoms with van der Waals surface area (Å²) >= 11 is 0. The predicted molar refractivity (Wildman–Crippen MR) is 120 cm³/mol. The third-order valence-corrected chi connectivity index (χ3v) is 6.12. The van der Waals surface area contributed by atoms with Crippen molar-refractivity contribution in [1.82, 2.24) is 0 Å². The van der Waals surface area contributed by atoms with E-state index in [-0.39, 0.29) is 24.0 Å². The zero-order chi connectivity index (χ0) is 19.6. The van der Waals surface area contributed by atoms with Crippen LogP contribution < -0.4 is 33.4 Å². The Kier molecular flexibility index (Phi) is 5.06. The molecule has 1 aliphatic rings. The van der Waals surface area contributed by atoms with Crippen LogP contribution in [0.25, 0.3) is 32.9 Å². The Morgan fingerprint density at radius 3 is 2.17 bits per heavy atom. The van der Waals surface area contributed by atoms with Crippen molar-refractivity contribution in [3.8, 4) is 11.1 Å². The minimum absolute atomic E-state index is 0. The molecular formula is C26H27IN2. The molecule has 0 saturated carbocycles. The molecule has 0 atom stereocenters. The minimum Gasteiger partial charge on any atom is -1.00 e. The van der Waals surface area contributed by atoms with Crippen LogP contribution >= 0.6 is 0 Å². The number of halogens is 1. The van der Waals surface area contributed by atoms with Gasteiger partial charge in [-0.05, 0) is 63.9 Å². The van der Waals surface area contributed by atoms with Crippen molar-refractivity contribution in [2.24, 2.45) is 0 Å². The van der Waals surface area contributed by atoms with Gasteiger partial charge >= 0.3 is 0 Å². The maximum atomic E-state index is 2.52. The van der Waals surface area contributed by atoms with E-state index in [0.29, 0.717) is 0 Å². The summed E-state index contributed by atoms with van der Waals surface area (Å²) in [5, 5.41) is 2.75. The highest BCUT2D eigenvalue weighted by Crippen LogP contribution is 2.50. The van der Waals surface area contributed by atoms with Crippen LogP contribution in [-0.2, 0) is 6.54 Å². The quantitative estimate of drug-likeness (QED) is 0.236. The molecule has 3 aromatic carbocycles. The summed E-state index contributed by atoms with van der Waals surface area (Å²) in [5.74, 6) is 0. The van der Waals surface area contributed by atoms with E-state index in [9.17, 15) is 0 Å². The van der Waals surface area contributed by atoms with Crippen LogP contribution in [0, 0.1) is 20.8 Å². The van der Waals surface area contributed by atoms with Gasteiger partial charge in [0.05, 0.1) is 16.5 Å². The molecule has 0 spiro atoms. The Balaban J connectivity index is 0.00000205. The highest BCUT2D eigenvalue weighted by Gasteiger charge is 2.31. The Morgan fingerprint density at radius 2 is 1.45 bits per heavy atom. The number of hydrogen-bond acceptors (Lipinski definition) is 1. The van der Waals surface area contributed by atoms with Crippen molar-refractivity contribution < 1.29 is 28.5 Å². The van der Waals surface area contributed by atoms with Crippen LogP contribution in [0.1, 0.15) is 30.5 Å². The number of rotatable bonds is 2. The van der Waals surface area contributed by atoms with Gasteiger partial charge in [-0.1, -0.05) is 23.8 Å². The number of hydrogen-bond donors (Lipinski definition) is 0. The smallest absolute Gasteiger partial charge is 0.216 e. The fourth-order valence-corrected chi connectivity index (χ4v) is 4.95. The van der Waals surface area contributed by atoms with Gasteiger partial charge in [0.15, 0.2) is 0 Å². The summed E-state index contributed by atoms with van der Waals surface area (Å²) in [7, 11) is 0. The molecule has 29 heavy (non-hydrogen) atoms. The molecule has 0 N–H and O–H groups in total. The van der Waals surface area contributed by atoms with Gasteiger partial charge in [0.2, 0.25) is 11.0 Å². The molecular weight excluding hydrogens is 467 g/mol. The normalized spacial score (nSPS) is 12.2. The number of pyridine rings is 1. The van der Waals surface area contributed by atoms with Crippen LogP contribution in [0.4, 0.5) is 11.4 Å². The third kappa shape index (κ3) is 2.85. The van der Waals surface area contributed by atoms with Crippen molar-refractivity contribution in [2.45, 2.75) is 41.2 Å². The predicted octanol–water partition coefficient (Wildman–Crippen LogP) is 3.37. The number of fused-ring (bicyclic) bond motifs is 4. The summed E-state index contributed by atoms with van der Waals surface area (Å²) in [6, 6.07) is 18.5. The first-order valence-corrected chi connectivity index (χ1v) is 10.3. The number of nitrogens with zero attached hydrogens (tertiary/aromatic N) is 2. The molecule has 0 unspecified atom stereocenters. The van der Waals surface area contributed by atoms with Crippen LogP contribution in [0.3, 0.4) is 0 Å². The van der Waals surface area contributed by atoms with Gasteiger partial charge in [-0.15, -0.1) is 0 Å². The van der Waals surface area contributed by atoms with Gasteiger partial charge < -0.3 is 28.9 Å². The molecule has 1 aromatic heterocycles. The minimum atomic E-state index is 0. The van der Waals surface area contributed by atoms with Gasteiger partial charge in [0, 0.05) is 35.5 Å². The maximum absolute atomic E-state index is 2.52. The lowest BCUT2D eigenvalue weighted by Crippen LogP contribution is -3.00. The fourth-order valence-electron chi connectivity index (χ4n) is 4.95. The highest BCUT2D eigenvalue weighted by molar-refractivity contribution is 6.17. The standard InChI is InChI=1S/C26H27N2.HI/c1-6-27-23-11-9-17(4)13-21(23)26-25-20(14-18(5)15-24(25)27)19-12-16(3)8-10-22(19)28(26)7-2;/h8-15H,6-7H2,1-5H3;1H/q+1;/p-1. The molecule has 1 aliphatic heterocycles. The van der Waals surface area contributed by atoms with Crippen LogP contribution in [0.5, 0.6) is 0 Å². The van der Waals surface area contributed by atoms with E-state index in [0.717, 1.165) is 13.1 Å². The molecule has 3 heteroatoms. The third-order valence-electron chi connectivity index (χ3n) is 6.12. The molecule has 0 amide bonds. The summed E-state index contributed by atoms with van der Waals surface area (Å²) in [4.78, 5) is 2.52. The second kappa shape index (κ2) is 7.28.